The van der Waals surface area contributed by atoms with Crippen LogP contribution in [0.3, 0.4) is 0 Å². The van der Waals surface area contributed by atoms with Crippen LogP contribution in [0.25, 0.3) is 11.4 Å². The number of carbonyl (C=O) groups excluding carboxylic acids is 1. The molecule has 0 saturated heterocycles. The third kappa shape index (κ3) is 3.99. The van der Waals surface area contributed by atoms with E-state index in [4.69, 9.17) is 0 Å². The number of thioether (sulfide) groups is 1. The van der Waals surface area contributed by atoms with Crippen LogP contribution in [0.2, 0.25) is 0 Å². The number of pyridine rings is 1. The van der Waals surface area contributed by atoms with Gasteiger partial charge in [-0.15, -0.1) is 16.8 Å². The quantitative estimate of drug-likeness (QED) is 0.487. The second-order valence-electron chi connectivity index (χ2n) is 6.37. The maximum absolute atomic E-state index is 12.7. The number of amides is 1. The number of nitrogens with one attached hydrogen (secondary N) is 1. The van der Waals surface area contributed by atoms with Crippen molar-refractivity contribution in [3.05, 3.63) is 48.6 Å². The minimum Gasteiger partial charge on any atom is -0.322 e. The molecule has 0 aliphatic heterocycles. The van der Waals surface area contributed by atoms with E-state index in [-0.39, 0.29) is 11.2 Å². The maximum Gasteiger partial charge on any atom is 0.237 e. The summed E-state index contributed by atoms with van der Waals surface area (Å²) in [4.78, 5) is 16.9. The van der Waals surface area contributed by atoms with Gasteiger partial charge in [0.05, 0.1) is 22.3 Å². The van der Waals surface area contributed by atoms with Gasteiger partial charge < -0.3 is 5.32 Å². The molecule has 0 aliphatic carbocycles. The first-order valence-corrected chi connectivity index (χ1v) is 9.72. The molecule has 0 bridgehead atoms. The fraction of sp³-hybridized carbons (Fsp3) is 0.316. The summed E-state index contributed by atoms with van der Waals surface area (Å²) in [7, 11) is 1.86. The van der Waals surface area contributed by atoms with Crippen LogP contribution >= 0.6 is 11.8 Å². The molecule has 0 radical (unpaired) electrons. The molecule has 1 N–H and O–H groups in total. The largest absolute Gasteiger partial charge is 0.322 e. The van der Waals surface area contributed by atoms with Gasteiger partial charge in [0.1, 0.15) is 0 Å². The lowest BCUT2D eigenvalue weighted by Crippen LogP contribution is -2.23. The van der Waals surface area contributed by atoms with E-state index in [2.05, 4.69) is 32.2 Å². The summed E-state index contributed by atoms with van der Waals surface area (Å²) in [6.07, 6.45) is 5.23. The number of aromatic nitrogens is 6. The van der Waals surface area contributed by atoms with Gasteiger partial charge in [-0.25, -0.2) is 0 Å². The molecule has 0 fully saturated rings. The minimum absolute atomic E-state index is 0.111. The molecule has 3 aromatic rings. The molecule has 0 saturated carbocycles. The van der Waals surface area contributed by atoms with Crippen molar-refractivity contribution in [1.82, 2.24) is 29.5 Å². The van der Waals surface area contributed by atoms with Gasteiger partial charge in [0, 0.05) is 31.5 Å². The highest BCUT2D eigenvalue weighted by Gasteiger charge is 2.22. The predicted octanol–water partition coefficient (Wildman–Crippen LogP) is 3.00. The highest BCUT2D eigenvalue weighted by atomic mass is 32.2. The number of carbonyl (C=O) groups is 1. The van der Waals surface area contributed by atoms with Gasteiger partial charge >= 0.3 is 0 Å². The van der Waals surface area contributed by atoms with Gasteiger partial charge in [-0.3, -0.25) is 19.0 Å². The van der Waals surface area contributed by atoms with E-state index in [0.29, 0.717) is 17.5 Å². The molecule has 28 heavy (non-hydrogen) atoms. The first-order valence-electron chi connectivity index (χ1n) is 8.84. The van der Waals surface area contributed by atoms with Crippen molar-refractivity contribution in [3.8, 4) is 11.4 Å². The van der Waals surface area contributed by atoms with E-state index in [9.17, 15) is 4.79 Å². The second-order valence-corrected chi connectivity index (χ2v) is 7.67. The van der Waals surface area contributed by atoms with Gasteiger partial charge in [-0.2, -0.15) is 5.10 Å². The lowest BCUT2D eigenvalue weighted by molar-refractivity contribution is -0.115. The number of nitrogens with zero attached hydrogens (tertiary/aromatic N) is 6. The minimum atomic E-state index is -0.367. The lowest BCUT2D eigenvalue weighted by Gasteiger charge is -2.13. The average Bonchev–Trinajstić information content (AvgIpc) is 3.18. The van der Waals surface area contributed by atoms with Crippen molar-refractivity contribution in [3.63, 3.8) is 0 Å². The Hall–Kier alpha value is -2.94. The first kappa shape index (κ1) is 19.8. The summed E-state index contributed by atoms with van der Waals surface area (Å²) in [5.74, 6) is 0.585. The van der Waals surface area contributed by atoms with Crippen LogP contribution in [0.15, 0.2) is 42.3 Å². The lowest BCUT2D eigenvalue weighted by atomic mass is 10.3. The van der Waals surface area contributed by atoms with E-state index < -0.39 is 0 Å². The summed E-state index contributed by atoms with van der Waals surface area (Å²) < 4.78 is 3.68. The van der Waals surface area contributed by atoms with Crippen molar-refractivity contribution in [2.75, 3.05) is 5.32 Å². The summed E-state index contributed by atoms with van der Waals surface area (Å²) in [6.45, 7) is 10.00. The molecular formula is C19H23N7OS. The highest BCUT2D eigenvalue weighted by molar-refractivity contribution is 8.00. The zero-order valence-corrected chi connectivity index (χ0v) is 17.2. The standard InChI is InChI=1S/C19H23N7OS/c1-6-10-26-17(15-8-7-9-20-11-15)22-23-19(26)28-14(4)18(27)21-16-12(2)24-25(5)13(16)3/h6-9,11,14H,1,10H2,2-5H3,(H,21,27)/t14-/m1/s1. The molecule has 0 spiro atoms. The van der Waals surface area contributed by atoms with Gasteiger partial charge in [0.2, 0.25) is 5.91 Å². The number of hydrogen-bond acceptors (Lipinski definition) is 6. The molecule has 1 atom stereocenters. The maximum atomic E-state index is 12.7. The van der Waals surface area contributed by atoms with Crippen molar-refractivity contribution < 1.29 is 4.79 Å². The smallest absolute Gasteiger partial charge is 0.237 e. The summed E-state index contributed by atoms with van der Waals surface area (Å²) >= 11 is 1.35. The Bertz CT molecular complexity index is 993. The Kier molecular flexibility index (Phi) is 5.93. The number of aryl methyl sites for hydroxylation is 2. The number of rotatable bonds is 7. The normalized spacial score (nSPS) is 12.0. The molecule has 3 aromatic heterocycles. The van der Waals surface area contributed by atoms with E-state index in [1.165, 1.54) is 11.8 Å². The molecule has 0 aromatic carbocycles. The molecule has 146 valence electrons. The van der Waals surface area contributed by atoms with E-state index in [1.807, 2.05) is 44.5 Å². The van der Waals surface area contributed by atoms with E-state index >= 15 is 0 Å². The van der Waals surface area contributed by atoms with Crippen molar-refractivity contribution in [1.29, 1.82) is 0 Å². The zero-order valence-electron chi connectivity index (χ0n) is 16.4. The molecule has 0 unspecified atom stereocenters. The monoisotopic (exact) mass is 397 g/mol. The first-order chi connectivity index (χ1) is 13.4. The second kappa shape index (κ2) is 8.39. The van der Waals surface area contributed by atoms with Crippen LogP contribution < -0.4 is 5.32 Å². The van der Waals surface area contributed by atoms with Crippen LogP contribution in [0.1, 0.15) is 18.3 Å². The van der Waals surface area contributed by atoms with Crippen molar-refractivity contribution in [2.24, 2.45) is 7.05 Å². The van der Waals surface area contributed by atoms with E-state index in [1.54, 1.807) is 23.2 Å². The number of allylic oxidation sites excluding steroid dienone is 1. The molecule has 3 heterocycles. The fourth-order valence-electron chi connectivity index (χ4n) is 2.77. The highest BCUT2D eigenvalue weighted by Crippen LogP contribution is 2.28. The molecule has 8 nitrogen and oxygen atoms in total. The Morgan fingerprint density at radius 2 is 2.18 bits per heavy atom. The molecule has 0 aliphatic rings. The van der Waals surface area contributed by atoms with Crippen molar-refractivity contribution >= 4 is 23.4 Å². The SMILES string of the molecule is C=CCn1c(S[C@H](C)C(=O)Nc2c(C)nn(C)c2C)nnc1-c1cccnc1. The Labute approximate surface area is 168 Å². The Morgan fingerprint density at radius 3 is 2.79 bits per heavy atom. The fourth-order valence-corrected chi connectivity index (χ4v) is 3.63. The summed E-state index contributed by atoms with van der Waals surface area (Å²) in [5.41, 5.74) is 3.32. The van der Waals surface area contributed by atoms with Crippen LogP contribution in [-0.4, -0.2) is 40.7 Å². The van der Waals surface area contributed by atoms with Gasteiger partial charge in [-0.1, -0.05) is 17.8 Å². The van der Waals surface area contributed by atoms with Gasteiger partial charge in [0.15, 0.2) is 11.0 Å². The Morgan fingerprint density at radius 1 is 1.39 bits per heavy atom. The number of anilines is 1. The summed E-state index contributed by atoms with van der Waals surface area (Å²) in [6, 6.07) is 3.78. The van der Waals surface area contributed by atoms with Gasteiger partial charge in [0.25, 0.3) is 0 Å². The van der Waals surface area contributed by atoms with Crippen LogP contribution in [-0.2, 0) is 18.4 Å². The predicted molar refractivity (Wildman–Crippen MR) is 110 cm³/mol. The number of hydrogen-bond donors (Lipinski definition) is 1. The third-order valence-corrected chi connectivity index (χ3v) is 5.44. The Balaban J connectivity index is 1.80. The molecule has 3 rings (SSSR count). The molecular weight excluding hydrogens is 374 g/mol. The topological polar surface area (TPSA) is 90.5 Å². The van der Waals surface area contributed by atoms with Crippen molar-refractivity contribution in [2.45, 2.75) is 37.7 Å². The third-order valence-electron chi connectivity index (χ3n) is 4.36. The zero-order chi connectivity index (χ0) is 20.3. The summed E-state index contributed by atoms with van der Waals surface area (Å²) in [5, 5.41) is 16.2. The van der Waals surface area contributed by atoms with Crippen LogP contribution in [0.5, 0.6) is 0 Å². The molecule has 9 heteroatoms. The average molecular weight is 398 g/mol. The van der Waals surface area contributed by atoms with Crippen LogP contribution in [0.4, 0.5) is 5.69 Å². The van der Waals surface area contributed by atoms with E-state index in [0.717, 1.165) is 22.6 Å². The van der Waals surface area contributed by atoms with Gasteiger partial charge in [-0.05, 0) is 32.9 Å². The van der Waals surface area contributed by atoms with Crippen LogP contribution in [0, 0.1) is 13.8 Å². The molecule has 1 amide bonds.